The maximum Gasteiger partial charge on any atom is 0.00345 e. The Bertz CT molecular complexity index is 287. The van der Waals surface area contributed by atoms with Gasteiger partial charge in [-0.3, -0.25) is 0 Å². The quantitative estimate of drug-likeness (QED) is 0.640. The lowest BCUT2D eigenvalue weighted by atomic mass is 10.0. The van der Waals surface area contributed by atoms with E-state index in [1.807, 2.05) is 0 Å². The molecule has 0 bridgehead atoms. The average Bonchev–Trinajstić information content (AvgIpc) is 2.31. The van der Waals surface area contributed by atoms with Gasteiger partial charge < -0.3 is 0 Å². The second-order valence-electron chi connectivity index (χ2n) is 3.86. The first-order chi connectivity index (χ1) is 7.36. The molecule has 0 spiro atoms. The molecule has 0 nitrogen and oxygen atoms in total. The van der Waals surface area contributed by atoms with E-state index in [0.29, 0.717) is 0 Å². The summed E-state index contributed by atoms with van der Waals surface area (Å²) in [6, 6.07) is 10.6. The van der Waals surface area contributed by atoms with Crippen molar-refractivity contribution < 1.29 is 0 Å². The summed E-state index contributed by atoms with van der Waals surface area (Å²) in [4.78, 5) is 0. The van der Waals surface area contributed by atoms with Crippen LogP contribution in [0.5, 0.6) is 0 Å². The summed E-state index contributed by atoms with van der Waals surface area (Å²) >= 11 is 5.81. The minimum atomic E-state index is 1.09. The SMILES string of the molecule is CCCC/C(=C\Cl)CCc1ccccc1. The van der Waals surface area contributed by atoms with Crippen molar-refractivity contribution in [1.29, 1.82) is 0 Å². The van der Waals surface area contributed by atoms with Crippen molar-refractivity contribution in [2.75, 3.05) is 0 Å². The molecule has 0 aliphatic carbocycles. The summed E-state index contributed by atoms with van der Waals surface area (Å²) in [6.45, 7) is 2.21. The van der Waals surface area contributed by atoms with Crippen LogP contribution < -0.4 is 0 Å². The van der Waals surface area contributed by atoms with Gasteiger partial charge in [0.05, 0.1) is 0 Å². The van der Waals surface area contributed by atoms with Crippen LogP contribution in [0.2, 0.25) is 0 Å². The van der Waals surface area contributed by atoms with Crippen molar-refractivity contribution in [2.45, 2.75) is 39.0 Å². The molecule has 0 heterocycles. The van der Waals surface area contributed by atoms with E-state index < -0.39 is 0 Å². The van der Waals surface area contributed by atoms with Gasteiger partial charge in [-0.2, -0.15) is 0 Å². The van der Waals surface area contributed by atoms with Crippen molar-refractivity contribution >= 4 is 11.6 Å². The molecular weight excluding hydrogens is 204 g/mol. The van der Waals surface area contributed by atoms with E-state index >= 15 is 0 Å². The number of rotatable bonds is 6. The van der Waals surface area contributed by atoms with Crippen LogP contribution >= 0.6 is 11.6 Å². The van der Waals surface area contributed by atoms with Gasteiger partial charge in [0.15, 0.2) is 0 Å². The van der Waals surface area contributed by atoms with Crippen molar-refractivity contribution in [3.05, 3.63) is 47.0 Å². The zero-order valence-electron chi connectivity index (χ0n) is 9.38. The Hall–Kier alpha value is -0.750. The summed E-state index contributed by atoms with van der Waals surface area (Å²) in [5.41, 5.74) is 4.53. The highest BCUT2D eigenvalue weighted by atomic mass is 35.5. The molecule has 0 saturated carbocycles. The standard InChI is InChI=1S/C14H19Cl/c1-2-3-7-14(12-15)11-10-13-8-5-4-6-9-13/h4-6,8-9,12H,2-3,7,10-11H2,1H3/b14-12+. The predicted molar refractivity (Wildman–Crippen MR) is 68.2 cm³/mol. The fraction of sp³-hybridized carbons (Fsp3) is 0.429. The van der Waals surface area contributed by atoms with Crippen LogP contribution in [0.3, 0.4) is 0 Å². The summed E-state index contributed by atoms with van der Waals surface area (Å²) < 4.78 is 0. The topological polar surface area (TPSA) is 0 Å². The molecule has 15 heavy (non-hydrogen) atoms. The first kappa shape index (κ1) is 12.3. The molecule has 1 aromatic carbocycles. The van der Waals surface area contributed by atoms with Crippen LogP contribution in [0.25, 0.3) is 0 Å². The van der Waals surface area contributed by atoms with Crippen LogP contribution in [0.15, 0.2) is 41.4 Å². The Morgan fingerprint density at radius 1 is 1.20 bits per heavy atom. The van der Waals surface area contributed by atoms with E-state index in [2.05, 4.69) is 37.3 Å². The van der Waals surface area contributed by atoms with E-state index in [0.717, 1.165) is 19.3 Å². The second kappa shape index (κ2) is 7.53. The van der Waals surface area contributed by atoms with Gasteiger partial charge in [0, 0.05) is 5.54 Å². The molecule has 0 aromatic heterocycles. The molecule has 1 rings (SSSR count). The van der Waals surface area contributed by atoms with E-state index in [1.165, 1.54) is 24.0 Å². The fourth-order valence-electron chi connectivity index (χ4n) is 1.59. The Balaban J connectivity index is 2.35. The number of hydrogen-bond acceptors (Lipinski definition) is 0. The minimum Gasteiger partial charge on any atom is -0.0930 e. The summed E-state index contributed by atoms with van der Waals surface area (Å²) in [5, 5.41) is 0. The minimum absolute atomic E-state index is 1.09. The lowest BCUT2D eigenvalue weighted by Gasteiger charge is -2.05. The highest BCUT2D eigenvalue weighted by Gasteiger charge is 1.98. The van der Waals surface area contributed by atoms with Gasteiger partial charge >= 0.3 is 0 Å². The van der Waals surface area contributed by atoms with Crippen molar-refractivity contribution in [1.82, 2.24) is 0 Å². The lowest BCUT2D eigenvalue weighted by molar-refractivity contribution is 0.751. The monoisotopic (exact) mass is 222 g/mol. The van der Waals surface area contributed by atoms with Gasteiger partial charge in [-0.15, -0.1) is 0 Å². The van der Waals surface area contributed by atoms with Crippen LogP contribution in [0, 0.1) is 0 Å². The molecule has 0 radical (unpaired) electrons. The van der Waals surface area contributed by atoms with Gasteiger partial charge in [0.2, 0.25) is 0 Å². The fourth-order valence-corrected chi connectivity index (χ4v) is 1.81. The smallest absolute Gasteiger partial charge is 0.00345 e. The van der Waals surface area contributed by atoms with Crippen LogP contribution in [0.1, 0.15) is 38.2 Å². The highest BCUT2D eigenvalue weighted by molar-refractivity contribution is 6.25. The summed E-state index contributed by atoms with van der Waals surface area (Å²) in [7, 11) is 0. The van der Waals surface area contributed by atoms with Gasteiger partial charge in [-0.1, -0.05) is 60.9 Å². The average molecular weight is 223 g/mol. The molecule has 1 heteroatoms. The number of benzene rings is 1. The number of unbranched alkanes of at least 4 members (excludes halogenated alkanes) is 1. The predicted octanol–water partition coefficient (Wildman–Crippen LogP) is 4.93. The van der Waals surface area contributed by atoms with Crippen LogP contribution in [-0.4, -0.2) is 0 Å². The molecule has 0 saturated heterocycles. The molecule has 0 unspecified atom stereocenters. The molecular formula is C14H19Cl. The number of hydrogen-bond donors (Lipinski definition) is 0. The molecule has 82 valence electrons. The van der Waals surface area contributed by atoms with Crippen molar-refractivity contribution in [3.63, 3.8) is 0 Å². The van der Waals surface area contributed by atoms with Gasteiger partial charge in [-0.05, 0) is 31.2 Å². The molecule has 0 aliphatic heterocycles. The molecule has 0 atom stereocenters. The zero-order chi connectivity index (χ0) is 10.9. The van der Waals surface area contributed by atoms with Crippen molar-refractivity contribution in [3.8, 4) is 0 Å². The Morgan fingerprint density at radius 2 is 1.93 bits per heavy atom. The Labute approximate surface area is 98.0 Å². The van der Waals surface area contributed by atoms with Crippen molar-refractivity contribution in [2.24, 2.45) is 0 Å². The van der Waals surface area contributed by atoms with Gasteiger partial charge in [-0.25, -0.2) is 0 Å². The first-order valence-electron chi connectivity index (χ1n) is 5.69. The van der Waals surface area contributed by atoms with E-state index in [1.54, 1.807) is 5.54 Å². The third-order valence-corrected chi connectivity index (χ3v) is 2.89. The summed E-state index contributed by atoms with van der Waals surface area (Å²) in [6.07, 6.45) is 5.82. The first-order valence-corrected chi connectivity index (χ1v) is 6.12. The number of allylic oxidation sites excluding steroid dienone is 1. The number of aryl methyl sites for hydroxylation is 1. The maximum atomic E-state index is 5.81. The zero-order valence-corrected chi connectivity index (χ0v) is 10.1. The largest absolute Gasteiger partial charge is 0.0930 e. The molecule has 1 aromatic rings. The second-order valence-corrected chi connectivity index (χ2v) is 4.07. The molecule has 0 fully saturated rings. The number of halogens is 1. The molecule has 0 aliphatic rings. The Morgan fingerprint density at radius 3 is 2.53 bits per heavy atom. The lowest BCUT2D eigenvalue weighted by Crippen LogP contribution is -1.89. The van der Waals surface area contributed by atoms with E-state index in [9.17, 15) is 0 Å². The van der Waals surface area contributed by atoms with Gasteiger partial charge in [0.25, 0.3) is 0 Å². The molecule has 0 N–H and O–H groups in total. The third-order valence-electron chi connectivity index (χ3n) is 2.58. The van der Waals surface area contributed by atoms with Gasteiger partial charge in [0.1, 0.15) is 0 Å². The van der Waals surface area contributed by atoms with Crippen LogP contribution in [0.4, 0.5) is 0 Å². The molecule has 0 amide bonds. The third kappa shape index (κ3) is 5.03. The normalized spacial score (nSPS) is 11.7. The van der Waals surface area contributed by atoms with E-state index in [4.69, 9.17) is 11.6 Å². The Kier molecular flexibility index (Phi) is 6.18. The van der Waals surface area contributed by atoms with Crippen LogP contribution in [-0.2, 0) is 6.42 Å². The highest BCUT2D eigenvalue weighted by Crippen LogP contribution is 2.16. The maximum absolute atomic E-state index is 5.81. The summed E-state index contributed by atoms with van der Waals surface area (Å²) in [5.74, 6) is 0. The van der Waals surface area contributed by atoms with E-state index in [-0.39, 0.29) is 0 Å².